The summed E-state index contributed by atoms with van der Waals surface area (Å²) in [6.45, 7) is 13.8. The van der Waals surface area contributed by atoms with Gasteiger partial charge in [0.05, 0.1) is 31.0 Å². The fraction of sp³-hybridized carbons (Fsp3) is 0.913. The molecule has 8 N–H and O–H groups in total. The van der Waals surface area contributed by atoms with Gasteiger partial charge in [0.15, 0.2) is 17.8 Å². The van der Waals surface area contributed by atoms with Gasteiger partial charge in [-0.15, -0.1) is 0 Å². The van der Waals surface area contributed by atoms with E-state index in [-0.39, 0.29) is 23.7 Å². The van der Waals surface area contributed by atoms with Gasteiger partial charge in [0.2, 0.25) is 12.6 Å². The van der Waals surface area contributed by atoms with Gasteiger partial charge in [-0.25, -0.2) is 0 Å². The summed E-state index contributed by atoms with van der Waals surface area (Å²) in [6.07, 6.45) is -1.65. The van der Waals surface area contributed by atoms with E-state index >= 15 is 0 Å². The maximum atomic E-state index is 11.9. The number of rotatable bonds is 7. The zero-order valence-electron chi connectivity index (χ0n) is 36.4. The summed E-state index contributed by atoms with van der Waals surface area (Å²) < 4.78 is 36.8. The van der Waals surface area contributed by atoms with Crippen molar-refractivity contribution >= 4 is 0 Å². The number of fused-ring (bicyclic) bond motifs is 7. The third-order valence-corrected chi connectivity index (χ3v) is 18.1. The Bertz CT molecular complexity index is 1620. The van der Waals surface area contributed by atoms with Gasteiger partial charge in [-0.2, -0.15) is 0 Å². The fourth-order valence-corrected chi connectivity index (χ4v) is 14.7. The van der Waals surface area contributed by atoms with E-state index < -0.39 is 86.2 Å². The highest BCUT2D eigenvalue weighted by atomic mass is 16.8. The predicted octanol–water partition coefficient (Wildman–Crippen LogP) is 3.55. The summed E-state index contributed by atoms with van der Waals surface area (Å²) in [4.78, 5) is 0. The average molecular weight is 848 g/mol. The molecular formula is C46H73NO13. The summed E-state index contributed by atoms with van der Waals surface area (Å²) in [6, 6.07) is 0. The standard InChI is InChI=1S/C46H73NO13/c1-21-9-14-46(47-19-21)18-25-15-30-28-8-7-26-16-27(10-12-44(26,5)29(28)11-13-45(30,6)34(25)22(46)2)57-43-41(60-42-38(53)37(52)36(51)24(4)56-42)39(54)40(32(20-48)58-43)59-33-17-31(49)35(50)23(3)55-33/h7,21-25,27-38,40,42-43,47-54H,8-20H2,1-6H3/t21-,22+,23?,24?,25?,27+,28?,29?,30?,31-,32?,33+,34?,35+,36+,37+,38?,40-,42+,43-,44+,45+,46-/m1/s1. The maximum absolute atomic E-state index is 11.9. The zero-order chi connectivity index (χ0) is 42.6. The minimum Gasteiger partial charge on any atom is -0.506 e. The first-order chi connectivity index (χ1) is 28.5. The smallest absolute Gasteiger partial charge is 0.229 e. The molecule has 14 nitrogen and oxygen atoms in total. The highest BCUT2D eigenvalue weighted by molar-refractivity contribution is 5.27. The van der Waals surface area contributed by atoms with E-state index in [1.54, 1.807) is 6.92 Å². The molecule has 0 amide bonds. The number of hydrogen-bond donors (Lipinski definition) is 8. The van der Waals surface area contributed by atoms with E-state index in [0.29, 0.717) is 35.1 Å². The first-order valence-electron chi connectivity index (χ1n) is 23.3. The van der Waals surface area contributed by atoms with Gasteiger partial charge >= 0.3 is 0 Å². The van der Waals surface area contributed by atoms with Crippen LogP contribution >= 0.6 is 0 Å². The summed E-state index contributed by atoms with van der Waals surface area (Å²) >= 11 is 0. The summed E-state index contributed by atoms with van der Waals surface area (Å²) in [5.74, 6) is 4.32. The van der Waals surface area contributed by atoms with Gasteiger partial charge < -0.3 is 69.5 Å². The Morgan fingerprint density at radius 3 is 2.32 bits per heavy atom. The molecule has 60 heavy (non-hydrogen) atoms. The molecule has 1 spiro atoms. The zero-order valence-corrected chi connectivity index (χ0v) is 36.4. The van der Waals surface area contributed by atoms with Crippen LogP contribution in [0.15, 0.2) is 23.2 Å². The van der Waals surface area contributed by atoms with Crippen molar-refractivity contribution in [2.45, 2.75) is 198 Å². The lowest BCUT2D eigenvalue weighted by Gasteiger charge is -2.59. The van der Waals surface area contributed by atoms with E-state index in [1.807, 2.05) is 0 Å². The second-order valence-corrected chi connectivity index (χ2v) is 21.4. The lowest BCUT2D eigenvalue weighted by atomic mass is 9.46. The predicted molar refractivity (Wildman–Crippen MR) is 217 cm³/mol. The molecule has 0 aromatic carbocycles. The van der Waals surface area contributed by atoms with Crippen molar-refractivity contribution in [2.75, 3.05) is 13.2 Å². The molecule has 0 aromatic heterocycles. The van der Waals surface area contributed by atoms with E-state index in [2.05, 4.69) is 39.1 Å². The number of allylic oxidation sites excluding steroid dienone is 1. The lowest BCUT2D eigenvalue weighted by molar-refractivity contribution is -0.315. The molecule has 4 heterocycles. The topological polar surface area (TPSA) is 209 Å². The minimum absolute atomic E-state index is 0.0510. The Morgan fingerprint density at radius 2 is 1.60 bits per heavy atom. The van der Waals surface area contributed by atoms with Gasteiger partial charge in [-0.05, 0) is 137 Å². The molecular weight excluding hydrogens is 774 g/mol. The number of aliphatic hydroxyl groups excluding tert-OH is 7. The number of piperidine rings is 1. The second kappa shape index (κ2) is 16.2. The molecule has 23 atom stereocenters. The number of aliphatic hydroxyl groups is 7. The van der Waals surface area contributed by atoms with Crippen LogP contribution in [0.1, 0.15) is 112 Å². The largest absolute Gasteiger partial charge is 0.506 e. The number of hydrogen-bond acceptors (Lipinski definition) is 14. The lowest BCUT2D eigenvalue weighted by Crippen LogP contribution is -2.58. The molecule has 4 saturated carbocycles. The van der Waals surface area contributed by atoms with Crippen molar-refractivity contribution in [1.29, 1.82) is 0 Å². The molecule has 9 aliphatic rings. The van der Waals surface area contributed by atoms with Crippen LogP contribution in [0.4, 0.5) is 0 Å². The van der Waals surface area contributed by atoms with Gasteiger partial charge in [0.1, 0.15) is 36.6 Å². The van der Waals surface area contributed by atoms with Crippen LogP contribution in [-0.2, 0) is 28.4 Å². The third kappa shape index (κ3) is 7.13. The van der Waals surface area contributed by atoms with Crippen LogP contribution in [0.25, 0.3) is 0 Å². The van der Waals surface area contributed by atoms with Crippen LogP contribution in [0.3, 0.4) is 0 Å². The van der Waals surface area contributed by atoms with Crippen molar-refractivity contribution in [1.82, 2.24) is 5.32 Å². The molecule has 14 heteroatoms. The van der Waals surface area contributed by atoms with Crippen molar-refractivity contribution in [3.05, 3.63) is 23.2 Å². The van der Waals surface area contributed by atoms with Crippen molar-refractivity contribution < 1.29 is 64.2 Å². The van der Waals surface area contributed by atoms with Gasteiger partial charge in [-0.1, -0.05) is 39.3 Å². The van der Waals surface area contributed by atoms with Crippen LogP contribution < -0.4 is 5.32 Å². The molecule has 0 aromatic rings. The molecule has 9 unspecified atom stereocenters. The Labute approximate surface area is 355 Å². The van der Waals surface area contributed by atoms with E-state index in [9.17, 15) is 35.7 Å². The maximum Gasteiger partial charge on any atom is 0.229 e. The van der Waals surface area contributed by atoms with E-state index in [1.165, 1.54) is 51.0 Å². The molecule has 0 radical (unpaired) electrons. The molecule has 9 rings (SSSR count). The normalized spacial score (nSPS) is 55.4. The van der Waals surface area contributed by atoms with Crippen molar-refractivity contribution in [2.24, 2.45) is 52.3 Å². The number of nitrogens with one attached hydrogen (secondary N) is 1. The molecule has 7 fully saturated rings. The van der Waals surface area contributed by atoms with Gasteiger partial charge in [0.25, 0.3) is 0 Å². The first kappa shape index (κ1) is 43.8. The van der Waals surface area contributed by atoms with Crippen LogP contribution in [-0.4, -0.2) is 134 Å². The molecule has 3 saturated heterocycles. The Kier molecular flexibility index (Phi) is 11.9. The summed E-state index contributed by atoms with van der Waals surface area (Å²) in [5.41, 5.74) is 2.15. The minimum atomic E-state index is -1.68. The highest BCUT2D eigenvalue weighted by Crippen LogP contribution is 2.72. The molecule has 4 aliphatic heterocycles. The first-order valence-corrected chi connectivity index (χ1v) is 23.3. The second-order valence-electron chi connectivity index (χ2n) is 21.4. The highest BCUT2D eigenvalue weighted by Gasteiger charge is 2.67. The monoisotopic (exact) mass is 848 g/mol. The van der Waals surface area contributed by atoms with Gasteiger partial charge in [-0.3, -0.25) is 0 Å². The Morgan fingerprint density at radius 1 is 0.833 bits per heavy atom. The fourth-order valence-electron chi connectivity index (χ4n) is 14.7. The summed E-state index contributed by atoms with van der Waals surface area (Å²) in [5, 5.41) is 79.0. The van der Waals surface area contributed by atoms with Crippen molar-refractivity contribution in [3.8, 4) is 0 Å². The quantitative estimate of drug-likeness (QED) is 0.173. The Hall–Kier alpha value is -1.40. The molecule has 5 aliphatic carbocycles. The van der Waals surface area contributed by atoms with Gasteiger partial charge in [0, 0.05) is 12.0 Å². The van der Waals surface area contributed by atoms with E-state index in [4.69, 9.17) is 28.4 Å². The average Bonchev–Trinajstić information content (AvgIpc) is 3.67. The van der Waals surface area contributed by atoms with Crippen LogP contribution in [0.5, 0.6) is 0 Å². The third-order valence-electron chi connectivity index (χ3n) is 18.1. The molecule has 340 valence electrons. The van der Waals surface area contributed by atoms with Crippen LogP contribution in [0, 0.1) is 52.3 Å². The molecule has 0 bridgehead atoms. The number of ether oxygens (including phenoxy) is 6. The van der Waals surface area contributed by atoms with Crippen LogP contribution in [0.2, 0.25) is 0 Å². The summed E-state index contributed by atoms with van der Waals surface area (Å²) in [7, 11) is 0. The Balaban J connectivity index is 0.928. The van der Waals surface area contributed by atoms with E-state index in [0.717, 1.165) is 49.5 Å². The van der Waals surface area contributed by atoms with Crippen molar-refractivity contribution in [3.63, 3.8) is 0 Å². The SMILES string of the molecule is CC1O[C@@H](O[C@H]2C(O)=C(O[C@@H]3OC(C)[C@H](O)[C@H](O)C3O)[C@H](O[C@H]3CC[C@@]4(C)C(=CCC5C6CC7C[C@]8(CC[C@@H](C)CN8)[C@@H](C)C7[C@@]6(C)CCC54)C3)OC2CO)C[C@@H](O)[C@H]1O.